The van der Waals surface area contributed by atoms with Gasteiger partial charge in [-0.05, 0) is 12.8 Å². The molecule has 0 aliphatic carbocycles. The molecule has 10 heteroatoms. The summed E-state index contributed by atoms with van der Waals surface area (Å²) in [6, 6.07) is -0.684. The molecule has 0 fully saturated rings. The summed E-state index contributed by atoms with van der Waals surface area (Å²) in [4.78, 5) is 28.9. The minimum absolute atomic E-state index is 0.158. The third kappa shape index (κ3) is 8.94. The van der Waals surface area contributed by atoms with Gasteiger partial charge in [-0.15, -0.1) is 0 Å². The van der Waals surface area contributed by atoms with Gasteiger partial charge in [-0.2, -0.15) is 0 Å². The molecule has 0 aromatic rings. The van der Waals surface area contributed by atoms with Crippen molar-refractivity contribution in [3.05, 3.63) is 0 Å². The number of nitrogens with one attached hydrogen (secondary N) is 4. The molecular formula is C8H20N5O4P. The van der Waals surface area contributed by atoms with Gasteiger partial charge < -0.3 is 26.2 Å². The maximum absolute atomic E-state index is 11.4. The van der Waals surface area contributed by atoms with Crippen molar-refractivity contribution in [3.63, 3.8) is 0 Å². The molecule has 0 aliphatic heterocycles. The number of rotatable bonds is 8. The second-order valence-corrected chi connectivity index (χ2v) is 5.32. The van der Waals surface area contributed by atoms with Crippen LogP contribution in [-0.2, 0) is 9.36 Å². The van der Waals surface area contributed by atoms with Gasteiger partial charge >= 0.3 is 7.60 Å². The van der Waals surface area contributed by atoms with Crippen LogP contribution in [0.1, 0.15) is 12.8 Å². The molecule has 0 heterocycles. The summed E-state index contributed by atoms with van der Waals surface area (Å²) in [7, 11) is -2.74. The third-order valence-electron chi connectivity index (χ3n) is 2.09. The first kappa shape index (κ1) is 16.9. The monoisotopic (exact) mass is 281 g/mol. The summed E-state index contributed by atoms with van der Waals surface area (Å²) in [5.41, 5.74) is 5.09. The fourth-order valence-electron chi connectivity index (χ4n) is 1.26. The van der Waals surface area contributed by atoms with Crippen molar-refractivity contribution in [3.8, 4) is 0 Å². The molecule has 106 valence electrons. The molecule has 18 heavy (non-hydrogen) atoms. The van der Waals surface area contributed by atoms with E-state index in [0.717, 1.165) is 0 Å². The van der Waals surface area contributed by atoms with E-state index in [1.54, 1.807) is 0 Å². The average Bonchev–Trinajstić information content (AvgIpc) is 2.25. The molecule has 1 atom stereocenters. The van der Waals surface area contributed by atoms with E-state index >= 15 is 0 Å². The number of likely N-dealkylation sites (N-methyl/N-ethyl adjacent to an activating group) is 1. The highest BCUT2D eigenvalue weighted by molar-refractivity contribution is 7.51. The summed E-state index contributed by atoms with van der Waals surface area (Å²) in [6.07, 6.45) is 0.358. The van der Waals surface area contributed by atoms with Crippen molar-refractivity contribution in [1.29, 1.82) is 5.41 Å². The van der Waals surface area contributed by atoms with Gasteiger partial charge in [0.05, 0.1) is 12.3 Å². The highest BCUT2D eigenvalue weighted by atomic mass is 31.2. The molecule has 0 aromatic heterocycles. The zero-order valence-electron chi connectivity index (χ0n) is 10.1. The van der Waals surface area contributed by atoms with Crippen molar-refractivity contribution in [1.82, 2.24) is 16.0 Å². The van der Waals surface area contributed by atoms with Crippen molar-refractivity contribution in [2.75, 3.05) is 19.9 Å². The maximum atomic E-state index is 11.4. The first-order valence-electron chi connectivity index (χ1n) is 5.33. The molecule has 0 radical (unpaired) electrons. The van der Waals surface area contributed by atoms with Gasteiger partial charge in [-0.3, -0.25) is 20.1 Å². The maximum Gasteiger partial charge on any atom is 0.339 e. The van der Waals surface area contributed by atoms with E-state index in [2.05, 4.69) is 16.0 Å². The fraction of sp³-hybridized carbons (Fsp3) is 0.750. The molecule has 0 aliphatic rings. The Morgan fingerprint density at radius 2 is 2.11 bits per heavy atom. The van der Waals surface area contributed by atoms with Gasteiger partial charge in [0.2, 0.25) is 5.91 Å². The molecule has 0 saturated carbocycles. The lowest BCUT2D eigenvalue weighted by molar-refractivity contribution is -0.122. The van der Waals surface area contributed by atoms with Crippen LogP contribution in [0.3, 0.4) is 0 Å². The number of hydrogen-bond donors (Lipinski definition) is 7. The summed E-state index contributed by atoms with van der Waals surface area (Å²) in [5.74, 6) is -0.499. The molecular weight excluding hydrogens is 261 g/mol. The van der Waals surface area contributed by atoms with Gasteiger partial charge in [0, 0.05) is 13.6 Å². The standard InChI is InChI=1S/C8H20N5O4P/c1-11-7(14)6(13-5-18(15,16)17)3-2-4-12-8(9)10/h6,13H,2-5H2,1H3,(H,11,14)(H4,9,10,12)(H2,15,16,17)/t6-/m0/s1. The second-order valence-electron chi connectivity index (χ2n) is 3.68. The van der Waals surface area contributed by atoms with Crippen LogP contribution in [0.25, 0.3) is 0 Å². The molecule has 9 nitrogen and oxygen atoms in total. The number of hydrogen-bond acceptors (Lipinski definition) is 4. The van der Waals surface area contributed by atoms with Crippen LogP contribution in [0.4, 0.5) is 0 Å². The van der Waals surface area contributed by atoms with Crippen LogP contribution in [-0.4, -0.2) is 47.6 Å². The van der Waals surface area contributed by atoms with Crippen molar-refractivity contribution in [2.24, 2.45) is 5.73 Å². The van der Waals surface area contributed by atoms with Crippen LogP contribution >= 0.6 is 7.60 Å². The highest BCUT2D eigenvalue weighted by Gasteiger charge is 2.20. The van der Waals surface area contributed by atoms with Crippen molar-refractivity contribution in [2.45, 2.75) is 18.9 Å². The summed E-state index contributed by atoms with van der Waals surface area (Å²) in [6.45, 7) is 0.417. The lowest BCUT2D eigenvalue weighted by atomic mass is 10.1. The lowest BCUT2D eigenvalue weighted by Crippen LogP contribution is -2.43. The Labute approximate surface area is 105 Å². The largest absolute Gasteiger partial charge is 0.370 e. The molecule has 0 spiro atoms. The van der Waals surface area contributed by atoms with Crippen LogP contribution in [0.5, 0.6) is 0 Å². The molecule has 0 bridgehead atoms. The minimum Gasteiger partial charge on any atom is -0.370 e. The Morgan fingerprint density at radius 1 is 1.50 bits per heavy atom. The molecule has 1 amide bonds. The Balaban J connectivity index is 4.12. The zero-order valence-corrected chi connectivity index (χ0v) is 11.0. The average molecular weight is 281 g/mol. The van der Waals surface area contributed by atoms with E-state index in [9.17, 15) is 9.36 Å². The van der Waals surface area contributed by atoms with Gasteiger partial charge in [-0.25, -0.2) is 0 Å². The first-order valence-corrected chi connectivity index (χ1v) is 7.13. The number of carbonyl (C=O) groups is 1. The Bertz CT molecular complexity index is 331. The Kier molecular flexibility index (Phi) is 7.53. The van der Waals surface area contributed by atoms with E-state index in [1.165, 1.54) is 7.05 Å². The van der Waals surface area contributed by atoms with E-state index < -0.39 is 19.9 Å². The highest BCUT2D eigenvalue weighted by Crippen LogP contribution is 2.32. The van der Waals surface area contributed by atoms with Gasteiger partial charge in [0.25, 0.3) is 0 Å². The zero-order chi connectivity index (χ0) is 14.2. The number of amides is 1. The SMILES string of the molecule is CNC(=O)[C@H](CCCNC(=N)N)NCP(=O)(O)O. The van der Waals surface area contributed by atoms with Crippen LogP contribution < -0.4 is 21.7 Å². The van der Waals surface area contributed by atoms with E-state index in [1.807, 2.05) is 0 Å². The van der Waals surface area contributed by atoms with Gasteiger partial charge in [0.1, 0.15) is 0 Å². The van der Waals surface area contributed by atoms with Gasteiger partial charge in [-0.1, -0.05) is 0 Å². The molecule has 8 N–H and O–H groups in total. The Morgan fingerprint density at radius 3 is 2.56 bits per heavy atom. The third-order valence-corrected chi connectivity index (χ3v) is 2.69. The Hall–Kier alpha value is -1.15. The minimum atomic E-state index is -4.19. The quantitative estimate of drug-likeness (QED) is 0.118. The topological polar surface area (TPSA) is 161 Å². The molecule has 0 unspecified atom stereocenters. The smallest absolute Gasteiger partial charge is 0.339 e. The van der Waals surface area contributed by atoms with Crippen LogP contribution in [0.2, 0.25) is 0 Å². The van der Waals surface area contributed by atoms with Crippen LogP contribution in [0.15, 0.2) is 0 Å². The summed E-state index contributed by atoms with van der Waals surface area (Å²) < 4.78 is 10.7. The predicted octanol–water partition coefficient (Wildman–Crippen LogP) is -1.91. The predicted molar refractivity (Wildman–Crippen MR) is 67.1 cm³/mol. The van der Waals surface area contributed by atoms with Crippen molar-refractivity contribution >= 4 is 19.5 Å². The van der Waals surface area contributed by atoms with Crippen LogP contribution in [0, 0.1) is 5.41 Å². The summed E-state index contributed by atoms with van der Waals surface area (Å²) in [5, 5.41) is 14.4. The van der Waals surface area contributed by atoms with E-state index in [-0.39, 0.29) is 11.9 Å². The van der Waals surface area contributed by atoms with Crippen molar-refractivity contribution < 1.29 is 19.1 Å². The van der Waals surface area contributed by atoms with E-state index in [0.29, 0.717) is 19.4 Å². The number of carbonyl (C=O) groups excluding carboxylic acids is 1. The lowest BCUT2D eigenvalue weighted by Gasteiger charge is -2.17. The summed E-state index contributed by atoms with van der Waals surface area (Å²) >= 11 is 0. The number of guanidine groups is 1. The molecule has 0 saturated heterocycles. The van der Waals surface area contributed by atoms with Gasteiger partial charge in [0.15, 0.2) is 5.96 Å². The fourth-order valence-corrected chi connectivity index (χ4v) is 1.72. The molecule has 0 rings (SSSR count). The molecule has 0 aromatic carbocycles. The van der Waals surface area contributed by atoms with E-state index in [4.69, 9.17) is 20.9 Å². The normalized spacial score (nSPS) is 12.8. The second kappa shape index (κ2) is 8.04. The first-order chi connectivity index (χ1) is 8.26. The number of nitrogens with two attached hydrogens (primary N) is 1.